The summed E-state index contributed by atoms with van der Waals surface area (Å²) in [5, 5.41) is 1.14. The lowest BCUT2D eigenvalue weighted by Gasteiger charge is -2.10. The Morgan fingerprint density at radius 3 is 2.69 bits per heavy atom. The molecule has 0 radical (unpaired) electrons. The average Bonchev–Trinajstić information content (AvgIpc) is 2.28. The Hall–Kier alpha value is -1.70. The summed E-state index contributed by atoms with van der Waals surface area (Å²) in [7, 11) is 0. The van der Waals surface area contributed by atoms with E-state index in [1.54, 1.807) is 0 Å². The minimum atomic E-state index is 0.414. The van der Waals surface area contributed by atoms with Crippen LogP contribution in [0, 0.1) is 6.92 Å². The van der Waals surface area contributed by atoms with Crippen LogP contribution < -0.4 is 0 Å². The molecule has 0 N–H and O–H groups in total. The molecule has 0 bridgehead atoms. The molecule has 16 heavy (non-hydrogen) atoms. The topological polar surface area (TPSA) is 30.0 Å². The van der Waals surface area contributed by atoms with Crippen LogP contribution in [-0.2, 0) is 0 Å². The first-order valence-electron chi connectivity index (χ1n) is 5.49. The number of fused-ring (bicyclic) bond motifs is 1. The highest BCUT2D eigenvalue weighted by Crippen LogP contribution is 2.26. The van der Waals surface area contributed by atoms with Crippen molar-refractivity contribution in [3.8, 4) is 0 Å². The van der Waals surface area contributed by atoms with Crippen LogP contribution >= 0.6 is 0 Å². The molecule has 2 heteroatoms. The monoisotopic (exact) mass is 213 g/mol. The quantitative estimate of drug-likeness (QED) is 0.715. The molecule has 0 fully saturated rings. The molecule has 0 aliphatic carbocycles. The molecule has 1 aromatic carbocycles. The van der Waals surface area contributed by atoms with Crippen LogP contribution in [0.3, 0.4) is 0 Å². The van der Waals surface area contributed by atoms with Gasteiger partial charge in [0.05, 0.1) is 5.52 Å². The first-order valence-corrected chi connectivity index (χ1v) is 5.49. The molecule has 0 aliphatic heterocycles. The van der Waals surface area contributed by atoms with Gasteiger partial charge in [-0.15, -0.1) is 0 Å². The van der Waals surface area contributed by atoms with Crippen molar-refractivity contribution in [3.05, 3.63) is 41.1 Å². The second-order valence-corrected chi connectivity index (χ2v) is 4.38. The Labute approximate surface area is 95.3 Å². The molecule has 0 atom stereocenters. The normalized spacial score (nSPS) is 11.0. The highest BCUT2D eigenvalue weighted by molar-refractivity contribution is 5.88. The zero-order chi connectivity index (χ0) is 11.7. The number of para-hydroxylation sites is 1. The first-order chi connectivity index (χ1) is 7.63. The third-order valence-electron chi connectivity index (χ3n) is 2.84. The Kier molecular flexibility index (Phi) is 2.73. The summed E-state index contributed by atoms with van der Waals surface area (Å²) in [5.41, 5.74) is 3.77. The van der Waals surface area contributed by atoms with Gasteiger partial charge in [0.15, 0.2) is 6.29 Å². The lowest BCUT2D eigenvalue weighted by atomic mass is 9.97. The molecule has 0 saturated carbocycles. The van der Waals surface area contributed by atoms with Gasteiger partial charge in [-0.3, -0.25) is 4.79 Å². The Morgan fingerprint density at radius 2 is 2.06 bits per heavy atom. The number of aryl methyl sites for hydroxylation is 1. The number of carbonyl (C=O) groups excluding carboxylic acids is 1. The number of aromatic nitrogens is 1. The summed E-state index contributed by atoms with van der Waals surface area (Å²) in [6.07, 6.45) is 0.809. The van der Waals surface area contributed by atoms with Gasteiger partial charge in [0, 0.05) is 5.39 Å². The average molecular weight is 213 g/mol. The van der Waals surface area contributed by atoms with Crippen LogP contribution in [0.4, 0.5) is 0 Å². The van der Waals surface area contributed by atoms with Gasteiger partial charge in [0.1, 0.15) is 5.69 Å². The van der Waals surface area contributed by atoms with E-state index in [-0.39, 0.29) is 0 Å². The fraction of sp³-hybridized carbons (Fsp3) is 0.286. The van der Waals surface area contributed by atoms with Crippen molar-refractivity contribution in [3.63, 3.8) is 0 Å². The molecule has 0 amide bonds. The maximum Gasteiger partial charge on any atom is 0.168 e. The number of hydrogen-bond donors (Lipinski definition) is 0. The minimum absolute atomic E-state index is 0.414. The largest absolute Gasteiger partial charge is 0.296 e. The van der Waals surface area contributed by atoms with Crippen LogP contribution in [0.1, 0.15) is 41.4 Å². The highest BCUT2D eigenvalue weighted by Gasteiger charge is 2.09. The second kappa shape index (κ2) is 4.05. The van der Waals surface area contributed by atoms with Crippen molar-refractivity contribution in [1.29, 1.82) is 0 Å². The maximum absolute atomic E-state index is 10.8. The van der Waals surface area contributed by atoms with Crippen LogP contribution in [0.25, 0.3) is 10.9 Å². The fourth-order valence-electron chi connectivity index (χ4n) is 1.99. The third-order valence-corrected chi connectivity index (χ3v) is 2.84. The lowest BCUT2D eigenvalue weighted by Crippen LogP contribution is -1.96. The minimum Gasteiger partial charge on any atom is -0.296 e. The van der Waals surface area contributed by atoms with Crippen molar-refractivity contribution in [2.24, 2.45) is 0 Å². The zero-order valence-corrected chi connectivity index (χ0v) is 9.82. The van der Waals surface area contributed by atoms with E-state index >= 15 is 0 Å². The summed E-state index contributed by atoms with van der Waals surface area (Å²) in [4.78, 5) is 15.2. The van der Waals surface area contributed by atoms with Gasteiger partial charge < -0.3 is 0 Å². The van der Waals surface area contributed by atoms with E-state index in [1.165, 1.54) is 5.56 Å². The van der Waals surface area contributed by atoms with Crippen molar-refractivity contribution in [2.45, 2.75) is 26.7 Å². The number of benzene rings is 1. The number of pyridine rings is 1. The molecule has 2 nitrogen and oxygen atoms in total. The maximum atomic E-state index is 10.8. The van der Waals surface area contributed by atoms with Crippen molar-refractivity contribution >= 4 is 17.2 Å². The first kappa shape index (κ1) is 10.8. The van der Waals surface area contributed by atoms with Gasteiger partial charge in [-0.25, -0.2) is 4.98 Å². The summed E-state index contributed by atoms with van der Waals surface area (Å²) < 4.78 is 0. The summed E-state index contributed by atoms with van der Waals surface area (Å²) in [6.45, 7) is 6.29. The number of rotatable bonds is 2. The summed E-state index contributed by atoms with van der Waals surface area (Å²) in [6, 6.07) is 8.01. The number of nitrogens with zero attached hydrogens (tertiary/aromatic N) is 1. The van der Waals surface area contributed by atoms with E-state index in [4.69, 9.17) is 0 Å². The highest BCUT2D eigenvalue weighted by atomic mass is 16.1. The Morgan fingerprint density at radius 1 is 1.31 bits per heavy atom. The zero-order valence-electron chi connectivity index (χ0n) is 9.82. The molecule has 82 valence electrons. The molecular formula is C14H15NO. The van der Waals surface area contributed by atoms with E-state index in [0.29, 0.717) is 11.6 Å². The molecule has 0 aliphatic rings. The Balaban J connectivity index is 2.84. The smallest absolute Gasteiger partial charge is 0.168 e. The summed E-state index contributed by atoms with van der Waals surface area (Å²) in [5.74, 6) is 0.414. The van der Waals surface area contributed by atoms with E-state index in [2.05, 4.69) is 31.0 Å². The van der Waals surface area contributed by atoms with Gasteiger partial charge in [-0.05, 0) is 30.0 Å². The lowest BCUT2D eigenvalue weighted by molar-refractivity contribution is 0.111. The van der Waals surface area contributed by atoms with Gasteiger partial charge in [-0.2, -0.15) is 0 Å². The molecular weight excluding hydrogens is 198 g/mol. The molecule has 2 aromatic rings. The van der Waals surface area contributed by atoms with Gasteiger partial charge in [0.25, 0.3) is 0 Å². The molecule has 0 unspecified atom stereocenters. The van der Waals surface area contributed by atoms with Crippen molar-refractivity contribution < 1.29 is 4.79 Å². The fourth-order valence-corrected chi connectivity index (χ4v) is 1.99. The van der Waals surface area contributed by atoms with E-state index < -0.39 is 0 Å². The predicted molar refractivity (Wildman–Crippen MR) is 66.0 cm³/mol. The third kappa shape index (κ3) is 1.71. The van der Waals surface area contributed by atoms with Crippen molar-refractivity contribution in [1.82, 2.24) is 4.98 Å². The molecule has 1 heterocycles. The van der Waals surface area contributed by atoms with Crippen LogP contribution in [0.15, 0.2) is 24.3 Å². The number of hydrogen-bond acceptors (Lipinski definition) is 2. The van der Waals surface area contributed by atoms with E-state index in [0.717, 1.165) is 22.8 Å². The molecule has 2 rings (SSSR count). The molecule has 1 aromatic heterocycles. The second-order valence-electron chi connectivity index (χ2n) is 4.38. The SMILES string of the molecule is Cc1cc(C=O)nc2c(C(C)C)cccc12. The number of aldehydes is 1. The molecule has 0 spiro atoms. The molecule has 0 saturated heterocycles. The van der Waals surface area contributed by atoms with Crippen molar-refractivity contribution in [2.75, 3.05) is 0 Å². The standard InChI is InChI=1S/C14H15NO/c1-9(2)12-5-4-6-13-10(3)7-11(8-16)15-14(12)13/h4-9H,1-3H3. The Bertz CT molecular complexity index is 544. The predicted octanol–water partition coefficient (Wildman–Crippen LogP) is 3.48. The van der Waals surface area contributed by atoms with Crippen LogP contribution in [0.2, 0.25) is 0 Å². The van der Waals surface area contributed by atoms with E-state index in [9.17, 15) is 4.79 Å². The van der Waals surface area contributed by atoms with E-state index in [1.807, 2.05) is 19.1 Å². The number of carbonyl (C=O) groups is 1. The van der Waals surface area contributed by atoms with Crippen LogP contribution in [-0.4, -0.2) is 11.3 Å². The van der Waals surface area contributed by atoms with Gasteiger partial charge in [-0.1, -0.05) is 32.0 Å². The van der Waals surface area contributed by atoms with Gasteiger partial charge in [0.2, 0.25) is 0 Å². The summed E-state index contributed by atoms with van der Waals surface area (Å²) >= 11 is 0. The van der Waals surface area contributed by atoms with Crippen LogP contribution in [0.5, 0.6) is 0 Å². The van der Waals surface area contributed by atoms with Gasteiger partial charge >= 0.3 is 0 Å².